The predicted octanol–water partition coefficient (Wildman–Crippen LogP) is 4.33. The van der Waals surface area contributed by atoms with Gasteiger partial charge in [-0.25, -0.2) is 9.18 Å². The lowest BCUT2D eigenvalue weighted by molar-refractivity contribution is 0.0730. The zero-order valence-corrected chi connectivity index (χ0v) is 15.6. The smallest absolute Gasteiger partial charge is 0.414 e. The first kappa shape index (κ1) is 17.5. The summed E-state index contributed by atoms with van der Waals surface area (Å²) in [6.07, 6.45) is 4.43. The summed E-state index contributed by atoms with van der Waals surface area (Å²) >= 11 is 1.57. The number of carbonyl (C=O) groups is 1. The molecule has 0 spiro atoms. The topological polar surface area (TPSA) is 41.6 Å². The Balaban J connectivity index is 1.42. The van der Waals surface area contributed by atoms with Crippen LogP contribution in [0.1, 0.15) is 36.1 Å². The van der Waals surface area contributed by atoms with Gasteiger partial charge < -0.3 is 10.1 Å². The highest BCUT2D eigenvalue weighted by atomic mass is 32.1. The molecule has 2 bridgehead atoms. The summed E-state index contributed by atoms with van der Waals surface area (Å²) in [6, 6.07) is 9.48. The van der Waals surface area contributed by atoms with Crippen LogP contribution in [0, 0.1) is 5.82 Å². The Labute approximate surface area is 157 Å². The van der Waals surface area contributed by atoms with Crippen LogP contribution in [0.5, 0.6) is 0 Å². The van der Waals surface area contributed by atoms with Crippen LogP contribution in [-0.2, 0) is 11.2 Å². The zero-order chi connectivity index (χ0) is 18.1. The summed E-state index contributed by atoms with van der Waals surface area (Å²) < 4.78 is 19.2. The quantitative estimate of drug-likeness (QED) is 0.866. The number of piperidine rings is 1. The van der Waals surface area contributed by atoms with Crippen LogP contribution in [0.2, 0.25) is 0 Å². The number of ether oxygens (including phenoxy) is 1. The first-order chi connectivity index (χ1) is 12.6. The van der Waals surface area contributed by atoms with E-state index in [4.69, 9.17) is 4.74 Å². The van der Waals surface area contributed by atoms with Gasteiger partial charge in [-0.2, -0.15) is 0 Å². The van der Waals surface area contributed by atoms with Crippen molar-refractivity contribution in [2.75, 3.05) is 11.9 Å². The van der Waals surface area contributed by atoms with Crippen molar-refractivity contribution in [3.63, 3.8) is 0 Å². The van der Waals surface area contributed by atoms with Crippen LogP contribution in [0.4, 0.5) is 14.9 Å². The maximum atomic E-state index is 13.4. The van der Waals surface area contributed by atoms with Crippen LogP contribution >= 0.6 is 11.3 Å². The van der Waals surface area contributed by atoms with Crippen LogP contribution < -0.4 is 10.2 Å². The van der Waals surface area contributed by atoms with Crippen molar-refractivity contribution in [1.29, 1.82) is 0 Å². The normalized spacial score (nSPS) is 24.5. The number of hydrogen-bond acceptors (Lipinski definition) is 4. The average molecular weight is 374 g/mol. The molecule has 2 aromatic rings. The van der Waals surface area contributed by atoms with E-state index in [2.05, 4.69) is 5.32 Å². The highest BCUT2D eigenvalue weighted by Crippen LogP contribution is 2.31. The Morgan fingerprint density at radius 1 is 1.31 bits per heavy atom. The lowest BCUT2D eigenvalue weighted by atomic mass is 10.0. The third-order valence-electron chi connectivity index (χ3n) is 5.31. The average Bonchev–Trinajstić information content (AvgIpc) is 3.20. The van der Waals surface area contributed by atoms with E-state index in [9.17, 15) is 9.18 Å². The van der Waals surface area contributed by atoms with Gasteiger partial charge >= 0.3 is 6.09 Å². The SMILES string of the molecule is CN(C(=O)OC1CC2CCC(C1)N2)c1ccsc1Cc1cccc(F)c1. The Morgan fingerprint density at radius 2 is 2.08 bits per heavy atom. The van der Waals surface area contributed by atoms with E-state index in [1.165, 1.54) is 25.0 Å². The monoisotopic (exact) mass is 374 g/mol. The first-order valence-electron chi connectivity index (χ1n) is 9.09. The van der Waals surface area contributed by atoms with E-state index < -0.39 is 0 Å². The number of benzene rings is 1. The molecule has 2 aliphatic heterocycles. The van der Waals surface area contributed by atoms with E-state index in [1.807, 2.05) is 17.5 Å². The number of thiophene rings is 1. The molecular formula is C20H23FN2O2S. The third-order valence-corrected chi connectivity index (χ3v) is 6.22. The second kappa shape index (κ2) is 7.37. The summed E-state index contributed by atoms with van der Waals surface area (Å²) in [5.74, 6) is -0.242. The lowest BCUT2D eigenvalue weighted by Gasteiger charge is -2.30. The minimum Gasteiger partial charge on any atom is -0.446 e. The zero-order valence-electron chi connectivity index (χ0n) is 14.8. The van der Waals surface area contributed by atoms with E-state index in [0.717, 1.165) is 29.0 Å². The first-order valence-corrected chi connectivity index (χ1v) is 9.97. The minimum atomic E-state index is -0.310. The molecular weight excluding hydrogens is 351 g/mol. The maximum absolute atomic E-state index is 13.4. The van der Waals surface area contributed by atoms with Gasteiger partial charge in [-0.15, -0.1) is 11.3 Å². The van der Waals surface area contributed by atoms with E-state index in [0.29, 0.717) is 18.5 Å². The molecule has 1 aromatic heterocycles. The molecule has 6 heteroatoms. The summed E-state index contributed by atoms with van der Waals surface area (Å²) in [6.45, 7) is 0. The van der Waals surface area contributed by atoms with Gasteiger partial charge in [0.25, 0.3) is 0 Å². The molecule has 1 amide bonds. The molecule has 1 N–H and O–H groups in total. The molecule has 138 valence electrons. The molecule has 1 aromatic carbocycles. The fraction of sp³-hybridized carbons (Fsp3) is 0.450. The van der Waals surface area contributed by atoms with Gasteiger partial charge in [-0.05, 0) is 54.8 Å². The van der Waals surface area contributed by atoms with Crippen LogP contribution in [0.25, 0.3) is 0 Å². The van der Waals surface area contributed by atoms with Gasteiger partial charge in [0.15, 0.2) is 0 Å². The van der Waals surface area contributed by atoms with Gasteiger partial charge in [0.1, 0.15) is 11.9 Å². The number of nitrogens with zero attached hydrogens (tertiary/aromatic N) is 1. The second-order valence-corrected chi connectivity index (χ2v) is 8.21. The lowest BCUT2D eigenvalue weighted by Crippen LogP contribution is -2.43. The highest BCUT2D eigenvalue weighted by molar-refractivity contribution is 7.10. The number of halogens is 1. The van der Waals surface area contributed by atoms with Crippen LogP contribution in [0.3, 0.4) is 0 Å². The van der Waals surface area contributed by atoms with Crippen molar-refractivity contribution in [2.45, 2.75) is 50.3 Å². The van der Waals surface area contributed by atoms with Crippen LogP contribution in [0.15, 0.2) is 35.7 Å². The molecule has 3 heterocycles. The van der Waals surface area contributed by atoms with Crippen molar-refractivity contribution in [2.24, 2.45) is 0 Å². The summed E-state index contributed by atoms with van der Waals surface area (Å²) in [5, 5.41) is 5.51. The Kier molecular flexibility index (Phi) is 4.96. The standard InChI is InChI=1S/C20H23FN2O2S/c1-23(20(24)25-17-11-15-5-6-16(12-17)22-15)18-7-8-26-19(18)10-13-3-2-4-14(21)9-13/h2-4,7-9,15-17,22H,5-6,10-12H2,1H3. The van der Waals surface area contributed by atoms with Gasteiger partial charge in [-0.1, -0.05) is 12.1 Å². The van der Waals surface area contributed by atoms with Gasteiger partial charge in [0, 0.05) is 30.4 Å². The Bertz CT molecular complexity index is 782. The number of nitrogens with one attached hydrogen (secondary N) is 1. The summed E-state index contributed by atoms with van der Waals surface area (Å²) in [7, 11) is 1.75. The fourth-order valence-corrected chi connectivity index (χ4v) is 4.96. The number of hydrogen-bond donors (Lipinski definition) is 1. The molecule has 2 atom stereocenters. The Morgan fingerprint density at radius 3 is 2.81 bits per heavy atom. The second-order valence-electron chi connectivity index (χ2n) is 7.21. The maximum Gasteiger partial charge on any atom is 0.414 e. The van der Waals surface area contributed by atoms with Crippen molar-refractivity contribution in [3.8, 4) is 0 Å². The third kappa shape index (κ3) is 3.76. The van der Waals surface area contributed by atoms with Crippen molar-refractivity contribution in [1.82, 2.24) is 5.32 Å². The molecule has 26 heavy (non-hydrogen) atoms. The number of anilines is 1. The molecule has 0 aliphatic carbocycles. The van der Waals surface area contributed by atoms with E-state index in [-0.39, 0.29) is 18.0 Å². The molecule has 4 rings (SSSR count). The molecule has 0 saturated carbocycles. The molecule has 2 fully saturated rings. The number of rotatable bonds is 4. The van der Waals surface area contributed by atoms with Gasteiger partial charge in [0.05, 0.1) is 5.69 Å². The molecule has 2 saturated heterocycles. The van der Waals surface area contributed by atoms with Crippen molar-refractivity contribution >= 4 is 23.1 Å². The summed E-state index contributed by atoms with van der Waals surface area (Å²) in [5.41, 5.74) is 1.73. The highest BCUT2D eigenvalue weighted by Gasteiger charge is 2.35. The molecule has 0 radical (unpaired) electrons. The molecule has 4 nitrogen and oxygen atoms in total. The largest absolute Gasteiger partial charge is 0.446 e. The predicted molar refractivity (Wildman–Crippen MR) is 101 cm³/mol. The van der Waals surface area contributed by atoms with E-state index >= 15 is 0 Å². The van der Waals surface area contributed by atoms with Gasteiger partial charge in [-0.3, -0.25) is 4.90 Å². The number of amides is 1. The van der Waals surface area contributed by atoms with Gasteiger partial charge in [0.2, 0.25) is 0 Å². The van der Waals surface area contributed by atoms with Crippen LogP contribution in [-0.4, -0.2) is 31.3 Å². The molecule has 2 aliphatic rings. The van der Waals surface area contributed by atoms with E-state index in [1.54, 1.807) is 29.4 Å². The number of carbonyl (C=O) groups excluding carboxylic acids is 1. The fourth-order valence-electron chi connectivity index (χ4n) is 4.02. The summed E-state index contributed by atoms with van der Waals surface area (Å²) in [4.78, 5) is 15.2. The number of fused-ring (bicyclic) bond motifs is 2. The Hall–Kier alpha value is -1.92. The van der Waals surface area contributed by atoms with Crippen molar-refractivity contribution < 1.29 is 13.9 Å². The molecule has 2 unspecified atom stereocenters. The van der Waals surface area contributed by atoms with Crippen molar-refractivity contribution in [3.05, 3.63) is 52.0 Å². The minimum absolute atomic E-state index is 0.00555.